The second kappa shape index (κ2) is 8.82. The first-order valence-corrected chi connectivity index (χ1v) is 8.04. The van der Waals surface area contributed by atoms with Crippen molar-refractivity contribution < 1.29 is 5.11 Å². The van der Waals surface area contributed by atoms with Crippen LogP contribution in [0.15, 0.2) is 0 Å². The van der Waals surface area contributed by atoms with E-state index in [0.717, 1.165) is 48.8 Å². The summed E-state index contributed by atoms with van der Waals surface area (Å²) in [6, 6.07) is 0. The summed E-state index contributed by atoms with van der Waals surface area (Å²) in [5.74, 6) is 2.76. The van der Waals surface area contributed by atoms with Gasteiger partial charge in [-0.3, -0.25) is 0 Å². The summed E-state index contributed by atoms with van der Waals surface area (Å²) in [5, 5.41) is 16.8. The molecule has 0 saturated carbocycles. The van der Waals surface area contributed by atoms with Crippen LogP contribution in [0.25, 0.3) is 0 Å². The lowest BCUT2D eigenvalue weighted by Gasteiger charge is -2.21. The molecule has 1 aromatic heterocycles. The number of hydrogen-bond donors (Lipinski definition) is 3. The van der Waals surface area contributed by atoms with E-state index in [1.807, 2.05) is 13.8 Å². The Kier molecular flexibility index (Phi) is 7.43. The molecule has 5 nitrogen and oxygen atoms in total. The SMILES string of the molecule is CCCNc1nc(C)nc(NCC(O)C(CC)CC)c1C. The Morgan fingerprint density at radius 1 is 1.00 bits per heavy atom. The zero-order valence-electron chi connectivity index (χ0n) is 14.0. The van der Waals surface area contributed by atoms with Gasteiger partial charge in [0.25, 0.3) is 0 Å². The summed E-state index contributed by atoms with van der Waals surface area (Å²) in [5.41, 5.74) is 1.01. The van der Waals surface area contributed by atoms with E-state index < -0.39 is 0 Å². The highest BCUT2D eigenvalue weighted by molar-refractivity contribution is 5.57. The summed E-state index contributed by atoms with van der Waals surface area (Å²) in [6.07, 6.45) is 2.69. The summed E-state index contributed by atoms with van der Waals surface area (Å²) < 4.78 is 0. The molecular weight excluding hydrogens is 264 g/mol. The highest BCUT2D eigenvalue weighted by atomic mass is 16.3. The minimum absolute atomic E-state index is 0.332. The number of anilines is 2. The van der Waals surface area contributed by atoms with E-state index in [2.05, 4.69) is 41.4 Å². The number of nitrogens with one attached hydrogen (secondary N) is 2. The first-order chi connectivity index (χ1) is 10.0. The van der Waals surface area contributed by atoms with Crippen LogP contribution in [0.2, 0.25) is 0 Å². The lowest BCUT2D eigenvalue weighted by molar-refractivity contribution is 0.114. The Balaban J connectivity index is 2.76. The van der Waals surface area contributed by atoms with Crippen molar-refractivity contribution in [1.82, 2.24) is 9.97 Å². The predicted octanol–water partition coefficient (Wildman–Crippen LogP) is 3.12. The van der Waals surface area contributed by atoms with Crippen LogP contribution < -0.4 is 10.6 Å². The fourth-order valence-electron chi connectivity index (χ4n) is 2.42. The van der Waals surface area contributed by atoms with Gasteiger partial charge in [-0.25, -0.2) is 9.97 Å². The third-order valence-electron chi connectivity index (χ3n) is 3.87. The third-order valence-corrected chi connectivity index (χ3v) is 3.87. The summed E-state index contributed by atoms with van der Waals surface area (Å²) in [6.45, 7) is 11.7. The van der Waals surface area contributed by atoms with E-state index in [-0.39, 0.29) is 6.10 Å². The van der Waals surface area contributed by atoms with Gasteiger partial charge >= 0.3 is 0 Å². The third kappa shape index (κ3) is 5.16. The molecule has 0 aliphatic heterocycles. The van der Waals surface area contributed by atoms with Crippen molar-refractivity contribution >= 4 is 11.6 Å². The maximum atomic E-state index is 10.2. The summed E-state index contributed by atoms with van der Waals surface area (Å²) in [7, 11) is 0. The van der Waals surface area contributed by atoms with Crippen LogP contribution in [0.1, 0.15) is 51.4 Å². The Morgan fingerprint density at radius 3 is 2.10 bits per heavy atom. The Hall–Kier alpha value is -1.36. The van der Waals surface area contributed by atoms with Gasteiger partial charge in [0, 0.05) is 18.7 Å². The quantitative estimate of drug-likeness (QED) is 0.653. The maximum absolute atomic E-state index is 10.2. The predicted molar refractivity (Wildman–Crippen MR) is 88.9 cm³/mol. The van der Waals surface area contributed by atoms with Gasteiger partial charge in [-0.2, -0.15) is 0 Å². The average Bonchev–Trinajstić information content (AvgIpc) is 2.47. The zero-order valence-corrected chi connectivity index (χ0v) is 14.0. The molecule has 1 rings (SSSR count). The van der Waals surface area contributed by atoms with E-state index in [1.165, 1.54) is 0 Å². The summed E-state index contributed by atoms with van der Waals surface area (Å²) in [4.78, 5) is 8.89. The molecule has 0 aliphatic rings. The van der Waals surface area contributed by atoms with Crippen LogP contribution in [-0.2, 0) is 0 Å². The molecule has 120 valence electrons. The molecule has 0 radical (unpaired) electrons. The standard InChI is InChI=1S/C16H30N4O/c1-6-9-17-15-11(4)16(20-12(5)19-15)18-10-14(21)13(7-2)8-3/h13-14,21H,6-10H2,1-5H3,(H2,17,18,19,20). The fraction of sp³-hybridized carbons (Fsp3) is 0.750. The maximum Gasteiger partial charge on any atom is 0.134 e. The van der Waals surface area contributed by atoms with Crippen molar-refractivity contribution in [2.75, 3.05) is 23.7 Å². The van der Waals surface area contributed by atoms with Gasteiger partial charge < -0.3 is 15.7 Å². The van der Waals surface area contributed by atoms with Gasteiger partial charge in [-0.15, -0.1) is 0 Å². The van der Waals surface area contributed by atoms with Gasteiger partial charge in [0.1, 0.15) is 17.5 Å². The fourth-order valence-corrected chi connectivity index (χ4v) is 2.42. The Labute approximate surface area is 128 Å². The second-order valence-corrected chi connectivity index (χ2v) is 5.54. The molecule has 3 N–H and O–H groups in total. The van der Waals surface area contributed by atoms with E-state index >= 15 is 0 Å². The summed E-state index contributed by atoms with van der Waals surface area (Å²) >= 11 is 0. The lowest BCUT2D eigenvalue weighted by atomic mass is 9.96. The van der Waals surface area contributed by atoms with Gasteiger partial charge in [0.05, 0.1) is 6.10 Å². The number of aryl methyl sites for hydroxylation is 1. The number of hydrogen-bond acceptors (Lipinski definition) is 5. The van der Waals surface area contributed by atoms with E-state index in [4.69, 9.17) is 0 Å². The molecule has 0 fully saturated rings. The van der Waals surface area contributed by atoms with Crippen LogP contribution >= 0.6 is 0 Å². The van der Waals surface area contributed by atoms with Gasteiger partial charge in [-0.1, -0.05) is 33.6 Å². The van der Waals surface area contributed by atoms with Crippen molar-refractivity contribution in [2.24, 2.45) is 5.92 Å². The molecule has 1 heterocycles. The minimum Gasteiger partial charge on any atom is -0.391 e. The molecule has 21 heavy (non-hydrogen) atoms. The second-order valence-electron chi connectivity index (χ2n) is 5.54. The molecular formula is C16H30N4O. The van der Waals surface area contributed by atoms with Gasteiger partial charge in [-0.05, 0) is 26.2 Å². The smallest absolute Gasteiger partial charge is 0.134 e. The molecule has 0 amide bonds. The zero-order chi connectivity index (χ0) is 15.8. The number of aromatic nitrogens is 2. The van der Waals surface area contributed by atoms with Crippen LogP contribution in [0, 0.1) is 19.8 Å². The molecule has 0 saturated heterocycles. The van der Waals surface area contributed by atoms with Crippen molar-refractivity contribution in [3.05, 3.63) is 11.4 Å². The van der Waals surface area contributed by atoms with E-state index in [0.29, 0.717) is 12.5 Å². The molecule has 5 heteroatoms. The minimum atomic E-state index is -0.346. The molecule has 1 atom stereocenters. The van der Waals surface area contributed by atoms with E-state index in [1.54, 1.807) is 0 Å². The number of aliphatic hydroxyl groups is 1. The monoisotopic (exact) mass is 294 g/mol. The molecule has 1 unspecified atom stereocenters. The number of rotatable bonds is 9. The molecule has 0 aromatic carbocycles. The average molecular weight is 294 g/mol. The van der Waals surface area contributed by atoms with Crippen molar-refractivity contribution in [3.8, 4) is 0 Å². The van der Waals surface area contributed by atoms with E-state index in [9.17, 15) is 5.11 Å². The molecule has 1 aromatic rings. The Bertz CT molecular complexity index is 433. The lowest BCUT2D eigenvalue weighted by Crippen LogP contribution is -2.28. The molecule has 0 bridgehead atoms. The number of aliphatic hydroxyl groups excluding tert-OH is 1. The van der Waals surface area contributed by atoms with Crippen LogP contribution in [0.5, 0.6) is 0 Å². The van der Waals surface area contributed by atoms with Gasteiger partial charge in [0.15, 0.2) is 0 Å². The first-order valence-electron chi connectivity index (χ1n) is 8.04. The normalized spacial score (nSPS) is 12.5. The van der Waals surface area contributed by atoms with Crippen LogP contribution in [-0.4, -0.2) is 34.3 Å². The topological polar surface area (TPSA) is 70.1 Å². The number of nitrogens with zero attached hydrogens (tertiary/aromatic N) is 2. The van der Waals surface area contributed by atoms with Crippen molar-refractivity contribution in [1.29, 1.82) is 0 Å². The van der Waals surface area contributed by atoms with Crippen LogP contribution in [0.3, 0.4) is 0 Å². The van der Waals surface area contributed by atoms with Crippen molar-refractivity contribution in [3.63, 3.8) is 0 Å². The molecule has 0 aliphatic carbocycles. The van der Waals surface area contributed by atoms with Gasteiger partial charge in [0.2, 0.25) is 0 Å². The largest absolute Gasteiger partial charge is 0.391 e. The van der Waals surface area contributed by atoms with Crippen LogP contribution in [0.4, 0.5) is 11.6 Å². The highest BCUT2D eigenvalue weighted by Gasteiger charge is 2.16. The first kappa shape index (κ1) is 17.7. The highest BCUT2D eigenvalue weighted by Crippen LogP contribution is 2.21. The molecule has 0 spiro atoms. The van der Waals surface area contributed by atoms with Crippen molar-refractivity contribution in [2.45, 2.75) is 60.0 Å². The Morgan fingerprint density at radius 2 is 1.57 bits per heavy atom.